The van der Waals surface area contributed by atoms with Crippen LogP contribution in [0, 0.1) is 0 Å². The first-order valence-corrected chi connectivity index (χ1v) is 4.28. The second kappa shape index (κ2) is 3.72. The molecule has 1 amide bonds. The summed E-state index contributed by atoms with van der Waals surface area (Å²) in [6, 6.07) is 0. The highest BCUT2D eigenvalue weighted by atomic mass is 16.5. The van der Waals surface area contributed by atoms with E-state index in [4.69, 9.17) is 4.74 Å². The monoisotopic (exact) mass is 169 g/mol. The van der Waals surface area contributed by atoms with Crippen LogP contribution in [0.2, 0.25) is 0 Å². The molecule has 3 heteroatoms. The lowest BCUT2D eigenvalue weighted by molar-refractivity contribution is -0.154. The molecule has 12 heavy (non-hydrogen) atoms. The van der Waals surface area contributed by atoms with Crippen molar-refractivity contribution in [2.24, 2.45) is 0 Å². The average molecular weight is 169 g/mol. The van der Waals surface area contributed by atoms with Gasteiger partial charge in [0.2, 0.25) is 0 Å². The maximum absolute atomic E-state index is 11.5. The minimum Gasteiger partial charge on any atom is -0.363 e. The number of nitrogens with one attached hydrogen (secondary N) is 1. The van der Waals surface area contributed by atoms with Crippen molar-refractivity contribution < 1.29 is 9.53 Å². The molecule has 68 valence electrons. The Morgan fingerprint density at radius 2 is 2.58 bits per heavy atom. The number of rotatable bonds is 3. The molecule has 1 heterocycles. The molecule has 1 saturated heterocycles. The summed E-state index contributed by atoms with van der Waals surface area (Å²) in [7, 11) is 0. The van der Waals surface area contributed by atoms with Crippen molar-refractivity contribution in [2.45, 2.75) is 25.4 Å². The smallest absolute Gasteiger partial charge is 0.252 e. The van der Waals surface area contributed by atoms with Crippen LogP contribution in [0.5, 0.6) is 0 Å². The van der Waals surface area contributed by atoms with Gasteiger partial charge in [-0.2, -0.15) is 0 Å². The van der Waals surface area contributed by atoms with Crippen molar-refractivity contribution in [3.8, 4) is 0 Å². The number of morpholine rings is 1. The predicted octanol–water partition coefficient (Wildman–Crippen LogP) is 0.858. The lowest BCUT2D eigenvalue weighted by Gasteiger charge is -2.34. The largest absolute Gasteiger partial charge is 0.363 e. The van der Waals surface area contributed by atoms with E-state index < -0.39 is 5.60 Å². The van der Waals surface area contributed by atoms with Gasteiger partial charge in [0.1, 0.15) is 5.60 Å². The quantitative estimate of drug-likeness (QED) is 0.636. The summed E-state index contributed by atoms with van der Waals surface area (Å²) >= 11 is 0. The van der Waals surface area contributed by atoms with Crippen LogP contribution in [0.1, 0.15) is 19.8 Å². The van der Waals surface area contributed by atoms with Gasteiger partial charge in [-0.25, -0.2) is 0 Å². The summed E-state index contributed by atoms with van der Waals surface area (Å²) in [4.78, 5) is 11.5. The molecule has 1 aliphatic rings. The average Bonchev–Trinajstić information content (AvgIpc) is 2.10. The molecule has 0 aromatic heterocycles. The Balaban J connectivity index is 2.73. The molecule has 1 atom stereocenters. The topological polar surface area (TPSA) is 38.3 Å². The van der Waals surface area contributed by atoms with Crippen LogP contribution in [-0.4, -0.2) is 24.7 Å². The number of amides is 1. The van der Waals surface area contributed by atoms with E-state index in [1.807, 2.05) is 6.92 Å². The van der Waals surface area contributed by atoms with E-state index in [2.05, 4.69) is 11.9 Å². The molecule has 1 N–H and O–H groups in total. The van der Waals surface area contributed by atoms with Gasteiger partial charge in [-0.1, -0.05) is 13.0 Å². The maximum Gasteiger partial charge on any atom is 0.252 e. The molecule has 0 unspecified atom stereocenters. The third kappa shape index (κ3) is 1.50. The summed E-state index contributed by atoms with van der Waals surface area (Å²) in [5.41, 5.74) is -0.639. The zero-order valence-electron chi connectivity index (χ0n) is 7.43. The third-order valence-corrected chi connectivity index (χ3v) is 2.22. The maximum atomic E-state index is 11.5. The number of ether oxygens (including phenoxy) is 1. The van der Waals surface area contributed by atoms with E-state index in [-0.39, 0.29) is 5.91 Å². The Morgan fingerprint density at radius 1 is 1.83 bits per heavy atom. The van der Waals surface area contributed by atoms with Gasteiger partial charge >= 0.3 is 0 Å². The summed E-state index contributed by atoms with van der Waals surface area (Å²) in [6.07, 6.45) is 3.02. The van der Waals surface area contributed by atoms with Crippen LogP contribution in [0.3, 0.4) is 0 Å². The van der Waals surface area contributed by atoms with Crippen LogP contribution in [0.25, 0.3) is 0 Å². The SMILES string of the molecule is C=CC[C@@]1(CC)OCCNC1=O. The van der Waals surface area contributed by atoms with E-state index in [0.29, 0.717) is 26.0 Å². The number of hydrogen-bond donors (Lipinski definition) is 1. The molecule has 1 rings (SSSR count). The van der Waals surface area contributed by atoms with E-state index in [9.17, 15) is 4.79 Å². The fourth-order valence-corrected chi connectivity index (χ4v) is 1.43. The Bertz CT molecular complexity index is 191. The van der Waals surface area contributed by atoms with Crippen molar-refractivity contribution in [3.63, 3.8) is 0 Å². The van der Waals surface area contributed by atoms with E-state index in [0.717, 1.165) is 0 Å². The summed E-state index contributed by atoms with van der Waals surface area (Å²) in [5.74, 6) is -0.00356. The molecule has 0 spiro atoms. The van der Waals surface area contributed by atoms with Gasteiger partial charge in [0.05, 0.1) is 6.61 Å². The molecule has 0 bridgehead atoms. The number of hydrogen-bond acceptors (Lipinski definition) is 2. The van der Waals surface area contributed by atoms with Crippen LogP contribution in [-0.2, 0) is 9.53 Å². The van der Waals surface area contributed by atoms with E-state index in [1.165, 1.54) is 0 Å². The zero-order chi connectivity index (χ0) is 9.03. The first-order valence-electron chi connectivity index (χ1n) is 4.28. The Morgan fingerprint density at radius 3 is 3.08 bits per heavy atom. The van der Waals surface area contributed by atoms with Crippen molar-refractivity contribution in [1.82, 2.24) is 5.32 Å². The first kappa shape index (κ1) is 9.26. The van der Waals surface area contributed by atoms with Gasteiger partial charge in [0.15, 0.2) is 0 Å². The molecule has 0 aromatic carbocycles. The fraction of sp³-hybridized carbons (Fsp3) is 0.667. The Hall–Kier alpha value is -0.830. The number of carbonyl (C=O) groups is 1. The van der Waals surface area contributed by atoms with Crippen LogP contribution >= 0.6 is 0 Å². The normalized spacial score (nSPS) is 29.6. The van der Waals surface area contributed by atoms with Gasteiger partial charge in [0, 0.05) is 13.0 Å². The highest BCUT2D eigenvalue weighted by Gasteiger charge is 2.38. The summed E-state index contributed by atoms with van der Waals surface area (Å²) < 4.78 is 5.48. The lowest BCUT2D eigenvalue weighted by atomic mass is 9.94. The van der Waals surface area contributed by atoms with Gasteiger partial charge in [0.25, 0.3) is 5.91 Å². The van der Waals surface area contributed by atoms with Gasteiger partial charge in [-0.15, -0.1) is 6.58 Å². The van der Waals surface area contributed by atoms with Crippen LogP contribution < -0.4 is 5.32 Å². The minimum atomic E-state index is -0.639. The third-order valence-electron chi connectivity index (χ3n) is 2.22. The predicted molar refractivity (Wildman–Crippen MR) is 46.8 cm³/mol. The van der Waals surface area contributed by atoms with E-state index >= 15 is 0 Å². The lowest BCUT2D eigenvalue weighted by Crippen LogP contribution is -2.54. The van der Waals surface area contributed by atoms with Crippen LogP contribution in [0.4, 0.5) is 0 Å². The van der Waals surface area contributed by atoms with Crippen LogP contribution in [0.15, 0.2) is 12.7 Å². The molecule has 0 saturated carbocycles. The summed E-state index contributed by atoms with van der Waals surface area (Å²) in [6.45, 7) is 6.80. The molecule has 1 aliphatic heterocycles. The molecular formula is C9H15NO2. The molecular weight excluding hydrogens is 154 g/mol. The highest BCUT2D eigenvalue weighted by molar-refractivity contribution is 5.85. The van der Waals surface area contributed by atoms with Gasteiger partial charge in [-0.05, 0) is 6.42 Å². The first-order chi connectivity index (χ1) is 5.75. The van der Waals surface area contributed by atoms with Crippen molar-refractivity contribution in [2.75, 3.05) is 13.2 Å². The molecule has 0 aromatic rings. The molecule has 3 nitrogen and oxygen atoms in total. The van der Waals surface area contributed by atoms with Crippen molar-refractivity contribution in [3.05, 3.63) is 12.7 Å². The zero-order valence-corrected chi connectivity index (χ0v) is 7.43. The molecule has 1 fully saturated rings. The number of carbonyl (C=O) groups excluding carboxylic acids is 1. The Kier molecular flexibility index (Phi) is 2.87. The van der Waals surface area contributed by atoms with Crippen molar-refractivity contribution >= 4 is 5.91 Å². The second-order valence-electron chi connectivity index (χ2n) is 2.95. The highest BCUT2D eigenvalue weighted by Crippen LogP contribution is 2.23. The van der Waals surface area contributed by atoms with Gasteiger partial charge < -0.3 is 10.1 Å². The minimum absolute atomic E-state index is 0.00356. The van der Waals surface area contributed by atoms with E-state index in [1.54, 1.807) is 6.08 Å². The fourth-order valence-electron chi connectivity index (χ4n) is 1.43. The molecule has 0 radical (unpaired) electrons. The summed E-state index contributed by atoms with van der Waals surface area (Å²) in [5, 5.41) is 2.80. The Labute approximate surface area is 72.8 Å². The second-order valence-corrected chi connectivity index (χ2v) is 2.95. The standard InChI is InChI=1S/C9H15NO2/c1-3-5-9(4-2)8(11)10-6-7-12-9/h3H,1,4-7H2,2H3,(H,10,11)/t9-/m1/s1. The van der Waals surface area contributed by atoms with Gasteiger partial charge in [-0.3, -0.25) is 4.79 Å². The molecule has 0 aliphatic carbocycles. The van der Waals surface area contributed by atoms with Crippen molar-refractivity contribution in [1.29, 1.82) is 0 Å².